The maximum atomic E-state index is 12.2. The minimum atomic E-state index is -0.535. The molecule has 1 aromatic heterocycles. The fourth-order valence-electron chi connectivity index (χ4n) is 2.96. The zero-order valence-corrected chi connectivity index (χ0v) is 22.8. The number of hydrogen-bond acceptors (Lipinski definition) is 5. The Balaban J connectivity index is 0.00000544. The number of alkyl carbamates (subject to hydrolysis) is 1. The van der Waals surface area contributed by atoms with Gasteiger partial charge in [0.25, 0.3) is 0 Å². The van der Waals surface area contributed by atoms with Gasteiger partial charge >= 0.3 is 6.09 Å². The molecule has 0 bridgehead atoms. The highest BCUT2D eigenvalue weighted by atomic mass is 127. The lowest BCUT2D eigenvalue weighted by molar-refractivity contribution is 0.0502. The first-order valence-corrected chi connectivity index (χ1v) is 11.1. The van der Waals surface area contributed by atoms with Gasteiger partial charge < -0.3 is 25.3 Å². The third kappa shape index (κ3) is 10.9. The second-order valence-corrected chi connectivity index (χ2v) is 8.74. The maximum absolute atomic E-state index is 12.2. The number of nitrogens with one attached hydrogen (secondary N) is 3. The van der Waals surface area contributed by atoms with Crippen molar-refractivity contribution in [1.82, 2.24) is 30.7 Å². The van der Waals surface area contributed by atoms with Crippen LogP contribution < -0.4 is 16.0 Å². The summed E-state index contributed by atoms with van der Waals surface area (Å²) in [6.45, 7) is 11.1. The van der Waals surface area contributed by atoms with Crippen LogP contribution in [-0.4, -0.2) is 45.0 Å². The van der Waals surface area contributed by atoms with Crippen molar-refractivity contribution in [1.29, 1.82) is 0 Å². The van der Waals surface area contributed by atoms with Crippen molar-refractivity contribution < 1.29 is 9.53 Å². The first-order valence-electron chi connectivity index (χ1n) is 11.1. The molecule has 33 heavy (non-hydrogen) atoms. The van der Waals surface area contributed by atoms with Crippen LogP contribution in [0.15, 0.2) is 35.3 Å². The number of guanidine groups is 1. The molecule has 0 aliphatic carbocycles. The summed E-state index contributed by atoms with van der Waals surface area (Å²) in [5.74, 6) is 2.30. The van der Waals surface area contributed by atoms with Crippen LogP contribution in [0.4, 0.5) is 4.79 Å². The van der Waals surface area contributed by atoms with E-state index in [0.29, 0.717) is 25.6 Å². The molecule has 184 valence electrons. The maximum Gasteiger partial charge on any atom is 0.407 e. The largest absolute Gasteiger partial charge is 0.444 e. The zero-order valence-electron chi connectivity index (χ0n) is 20.5. The molecule has 1 atom stereocenters. The highest BCUT2D eigenvalue weighted by molar-refractivity contribution is 14.0. The van der Waals surface area contributed by atoms with Gasteiger partial charge in [-0.1, -0.05) is 43.7 Å². The van der Waals surface area contributed by atoms with Gasteiger partial charge in [-0.3, -0.25) is 0 Å². The number of aliphatic imine (C=N–C) groups is 1. The highest BCUT2D eigenvalue weighted by Crippen LogP contribution is 2.07. The molecule has 2 aromatic rings. The van der Waals surface area contributed by atoms with Crippen molar-refractivity contribution in [3.63, 3.8) is 0 Å². The second-order valence-electron chi connectivity index (χ2n) is 8.74. The number of benzene rings is 1. The monoisotopic (exact) mass is 571 g/mol. The molecule has 1 heterocycles. The molecule has 0 spiro atoms. The van der Waals surface area contributed by atoms with Crippen LogP contribution in [0.1, 0.15) is 57.7 Å². The Hall–Kier alpha value is -2.37. The van der Waals surface area contributed by atoms with Crippen molar-refractivity contribution in [2.24, 2.45) is 12.0 Å². The topological polar surface area (TPSA) is 105 Å². The standard InChI is InChI=1S/C23H37N7O2.HI/c1-7-11-19(27-22(31)32-23(3,4)5)15-25-21(24-14-18-12-9-8-10-13-18)26-16-20-29-28-17(2)30(20)6;/h8-10,12-13,19H,7,11,14-16H2,1-6H3,(H,27,31)(H2,24,25,26);1H. The van der Waals surface area contributed by atoms with Crippen molar-refractivity contribution in [2.75, 3.05) is 6.54 Å². The van der Waals surface area contributed by atoms with E-state index in [9.17, 15) is 4.79 Å². The van der Waals surface area contributed by atoms with Crippen LogP contribution in [-0.2, 0) is 24.9 Å². The molecule has 0 saturated heterocycles. The molecule has 0 radical (unpaired) electrons. The van der Waals surface area contributed by atoms with E-state index in [1.165, 1.54) is 0 Å². The van der Waals surface area contributed by atoms with Crippen molar-refractivity contribution in [3.8, 4) is 0 Å². The summed E-state index contributed by atoms with van der Waals surface area (Å²) in [6, 6.07) is 9.97. The summed E-state index contributed by atoms with van der Waals surface area (Å²) in [5, 5.41) is 17.9. The summed E-state index contributed by atoms with van der Waals surface area (Å²) in [5.41, 5.74) is 0.576. The Morgan fingerprint density at radius 3 is 2.45 bits per heavy atom. The molecule has 0 aliphatic heterocycles. The third-order valence-corrected chi connectivity index (χ3v) is 4.73. The molecule has 2 rings (SSSR count). The van der Waals surface area contributed by atoms with Crippen LogP contribution in [0.5, 0.6) is 0 Å². The fourth-order valence-corrected chi connectivity index (χ4v) is 2.96. The summed E-state index contributed by atoms with van der Waals surface area (Å²) in [4.78, 5) is 16.9. The van der Waals surface area contributed by atoms with E-state index in [4.69, 9.17) is 9.73 Å². The van der Waals surface area contributed by atoms with Crippen LogP contribution in [0, 0.1) is 6.92 Å². The molecular formula is C23H38IN7O2. The fraction of sp³-hybridized carbons (Fsp3) is 0.565. The lowest BCUT2D eigenvalue weighted by Crippen LogP contribution is -2.48. The molecule has 0 aliphatic rings. The van der Waals surface area contributed by atoms with Gasteiger partial charge in [0, 0.05) is 19.6 Å². The smallest absolute Gasteiger partial charge is 0.407 e. The zero-order chi connectivity index (χ0) is 23.6. The molecule has 9 nitrogen and oxygen atoms in total. The van der Waals surface area contributed by atoms with Gasteiger partial charge in [0.1, 0.15) is 11.4 Å². The Labute approximate surface area is 214 Å². The van der Waals surface area contributed by atoms with Gasteiger partial charge in [0.05, 0.1) is 13.1 Å². The summed E-state index contributed by atoms with van der Waals surface area (Å²) in [7, 11) is 1.93. The summed E-state index contributed by atoms with van der Waals surface area (Å²) in [6.07, 6.45) is 1.34. The number of aromatic nitrogens is 3. The number of carbonyl (C=O) groups is 1. The van der Waals surface area contributed by atoms with Gasteiger partial charge in [-0.15, -0.1) is 34.2 Å². The SMILES string of the molecule is CCCC(CNC(=NCc1ccccc1)NCc1nnc(C)n1C)NC(=O)OC(C)(C)C.I. The third-order valence-electron chi connectivity index (χ3n) is 4.73. The lowest BCUT2D eigenvalue weighted by Gasteiger charge is -2.24. The number of hydrogen-bond donors (Lipinski definition) is 3. The van der Waals surface area contributed by atoms with Gasteiger partial charge in [-0.05, 0) is 39.7 Å². The van der Waals surface area contributed by atoms with Gasteiger partial charge in [-0.25, -0.2) is 9.79 Å². The van der Waals surface area contributed by atoms with E-state index in [-0.39, 0.29) is 30.0 Å². The quantitative estimate of drug-likeness (QED) is 0.241. The number of amides is 1. The van der Waals surface area contributed by atoms with E-state index in [1.807, 2.05) is 69.6 Å². The molecule has 1 amide bonds. The van der Waals surface area contributed by atoms with E-state index in [1.54, 1.807) is 0 Å². The Bertz CT molecular complexity index is 879. The number of ether oxygens (including phenoxy) is 1. The number of rotatable bonds is 9. The highest BCUT2D eigenvalue weighted by Gasteiger charge is 2.19. The van der Waals surface area contributed by atoms with Crippen molar-refractivity contribution >= 4 is 36.0 Å². The number of aryl methyl sites for hydroxylation is 1. The number of halogens is 1. The molecule has 1 unspecified atom stereocenters. The molecule has 0 saturated carbocycles. The van der Waals surface area contributed by atoms with E-state index < -0.39 is 11.7 Å². The van der Waals surface area contributed by atoms with E-state index in [2.05, 4.69) is 33.1 Å². The van der Waals surface area contributed by atoms with Gasteiger partial charge in [0.15, 0.2) is 11.8 Å². The minimum Gasteiger partial charge on any atom is -0.444 e. The Morgan fingerprint density at radius 1 is 1.18 bits per heavy atom. The van der Waals surface area contributed by atoms with Gasteiger partial charge in [-0.2, -0.15) is 0 Å². The van der Waals surface area contributed by atoms with E-state index in [0.717, 1.165) is 30.1 Å². The van der Waals surface area contributed by atoms with Crippen LogP contribution in [0.2, 0.25) is 0 Å². The van der Waals surface area contributed by atoms with Crippen molar-refractivity contribution in [2.45, 2.75) is 72.2 Å². The average molecular weight is 572 g/mol. The van der Waals surface area contributed by atoms with Crippen LogP contribution in [0.25, 0.3) is 0 Å². The summed E-state index contributed by atoms with van der Waals surface area (Å²) < 4.78 is 7.34. The molecule has 1 aromatic carbocycles. The Morgan fingerprint density at radius 2 is 1.88 bits per heavy atom. The lowest BCUT2D eigenvalue weighted by atomic mass is 10.1. The molecular weight excluding hydrogens is 533 g/mol. The van der Waals surface area contributed by atoms with Crippen LogP contribution >= 0.6 is 24.0 Å². The minimum absolute atomic E-state index is 0. The average Bonchev–Trinajstić information content (AvgIpc) is 3.04. The predicted octanol–water partition coefficient (Wildman–Crippen LogP) is 3.67. The molecule has 3 N–H and O–H groups in total. The first-order chi connectivity index (χ1) is 15.2. The Kier molecular flexibility index (Phi) is 12.2. The van der Waals surface area contributed by atoms with Crippen LogP contribution in [0.3, 0.4) is 0 Å². The first kappa shape index (κ1) is 28.7. The normalized spacial score (nSPS) is 12.5. The number of carbonyl (C=O) groups excluding carboxylic acids is 1. The molecule has 0 fully saturated rings. The summed E-state index contributed by atoms with van der Waals surface area (Å²) >= 11 is 0. The van der Waals surface area contributed by atoms with Gasteiger partial charge in [0.2, 0.25) is 0 Å². The molecule has 10 heteroatoms. The number of nitrogens with zero attached hydrogens (tertiary/aromatic N) is 4. The van der Waals surface area contributed by atoms with Crippen molar-refractivity contribution in [3.05, 3.63) is 47.5 Å². The van der Waals surface area contributed by atoms with E-state index >= 15 is 0 Å². The predicted molar refractivity (Wildman–Crippen MR) is 142 cm³/mol. The second kappa shape index (κ2) is 14.0.